The molecule has 0 atom stereocenters. The van der Waals surface area contributed by atoms with Crippen LogP contribution in [0.2, 0.25) is 0 Å². The summed E-state index contributed by atoms with van der Waals surface area (Å²) >= 11 is 0. The van der Waals surface area contributed by atoms with E-state index in [2.05, 4.69) is 21.0 Å². The Balaban J connectivity index is 0.000000200. The van der Waals surface area contributed by atoms with E-state index in [0.29, 0.717) is 5.52 Å². The van der Waals surface area contributed by atoms with Gasteiger partial charge in [0.1, 0.15) is 0 Å². The van der Waals surface area contributed by atoms with E-state index in [1.807, 2.05) is 36.4 Å². The van der Waals surface area contributed by atoms with Gasteiger partial charge >= 0.3 is 10.1 Å². The molecule has 1 N–H and O–H groups in total. The molecule has 0 aliphatic carbocycles. The molecule has 0 aliphatic rings. The molecule has 7 nitrogen and oxygen atoms in total. The van der Waals surface area contributed by atoms with Gasteiger partial charge in [-0.3, -0.25) is 4.55 Å². The van der Waals surface area contributed by atoms with Gasteiger partial charge in [-0.15, -0.1) is 29.8 Å². The second kappa shape index (κ2) is 10.2. The van der Waals surface area contributed by atoms with E-state index < -0.39 is 15.3 Å². The molecule has 2 aromatic carbocycles. The SMILES string of the molecule is COc1c[c-]c(-c2ccccn2)cc1.O=S(=O)(O)c1ncc2ccccc2n1.[Ir]. The predicted octanol–water partition coefficient (Wildman–Crippen LogP) is 3.43. The van der Waals surface area contributed by atoms with Crippen molar-refractivity contribution in [3.05, 3.63) is 79.1 Å². The standard InChI is InChI=1S/C12H10NO.C8H6N2O3S.Ir/c1-14-11-7-5-10(6-8-11)12-4-2-3-9-13-12;11-14(12,13)8-9-5-6-3-1-2-4-7(6)10-8;/h2-5,7-9H,1H3;1-5H,(H,11,12,13);/q-1;;. The summed E-state index contributed by atoms with van der Waals surface area (Å²) in [4.78, 5) is 11.5. The van der Waals surface area contributed by atoms with Crippen molar-refractivity contribution in [2.24, 2.45) is 0 Å². The predicted molar refractivity (Wildman–Crippen MR) is 104 cm³/mol. The minimum Gasteiger partial charge on any atom is -0.540 e. The van der Waals surface area contributed by atoms with Crippen LogP contribution in [0.5, 0.6) is 5.75 Å². The number of benzene rings is 2. The number of nitrogens with zero attached hydrogens (tertiary/aromatic N) is 3. The number of hydrogen-bond acceptors (Lipinski definition) is 6. The average Bonchev–Trinajstić information content (AvgIpc) is 2.74. The van der Waals surface area contributed by atoms with Gasteiger partial charge < -0.3 is 9.72 Å². The first-order valence-corrected chi connectivity index (χ1v) is 9.58. The maximum Gasteiger partial charge on any atom is 0.330 e. The molecule has 0 unspecified atom stereocenters. The van der Waals surface area contributed by atoms with Gasteiger partial charge in [0.05, 0.1) is 12.6 Å². The van der Waals surface area contributed by atoms with E-state index in [-0.39, 0.29) is 20.1 Å². The molecule has 0 amide bonds. The van der Waals surface area contributed by atoms with Crippen LogP contribution in [-0.4, -0.2) is 35.0 Å². The van der Waals surface area contributed by atoms with Crippen LogP contribution in [0.4, 0.5) is 0 Å². The number of hydrogen-bond donors (Lipinski definition) is 1. The van der Waals surface area contributed by atoms with E-state index >= 15 is 0 Å². The van der Waals surface area contributed by atoms with E-state index in [1.165, 1.54) is 6.20 Å². The third-order valence-corrected chi connectivity index (χ3v) is 4.32. The van der Waals surface area contributed by atoms with Gasteiger partial charge in [-0.25, -0.2) is 9.97 Å². The Morgan fingerprint density at radius 1 is 1.00 bits per heavy atom. The molecule has 9 heteroatoms. The molecular weight excluding hydrogens is 571 g/mol. The van der Waals surface area contributed by atoms with Gasteiger partial charge in [0.2, 0.25) is 0 Å². The van der Waals surface area contributed by atoms with Crippen LogP contribution in [0.1, 0.15) is 0 Å². The Kier molecular flexibility index (Phi) is 7.92. The summed E-state index contributed by atoms with van der Waals surface area (Å²) in [7, 11) is -2.67. The first-order valence-electron chi connectivity index (χ1n) is 8.14. The first-order chi connectivity index (χ1) is 13.5. The summed E-state index contributed by atoms with van der Waals surface area (Å²) in [5, 5.41) is 0.149. The number of pyridine rings is 1. The van der Waals surface area contributed by atoms with Crippen LogP contribution < -0.4 is 4.74 Å². The number of ether oxygens (including phenoxy) is 1. The zero-order valence-electron chi connectivity index (χ0n) is 15.2. The molecule has 151 valence electrons. The molecule has 2 aromatic heterocycles. The molecule has 0 fully saturated rings. The Bertz CT molecular complexity index is 1170. The van der Waals surface area contributed by atoms with E-state index in [1.54, 1.807) is 37.6 Å². The fourth-order valence-electron chi connectivity index (χ4n) is 2.30. The minimum absolute atomic E-state index is 0. The van der Waals surface area contributed by atoms with Crippen molar-refractivity contribution in [1.29, 1.82) is 0 Å². The van der Waals surface area contributed by atoms with Gasteiger partial charge in [-0.1, -0.05) is 30.3 Å². The molecule has 0 spiro atoms. The third-order valence-electron chi connectivity index (χ3n) is 3.66. The first kappa shape index (κ1) is 22.6. The fourth-order valence-corrected chi connectivity index (χ4v) is 2.70. The number of methoxy groups -OCH3 is 1. The Hall–Kier alpha value is -2.71. The van der Waals surface area contributed by atoms with Gasteiger partial charge in [-0.2, -0.15) is 8.42 Å². The molecule has 29 heavy (non-hydrogen) atoms. The summed E-state index contributed by atoms with van der Waals surface area (Å²) < 4.78 is 35.2. The fraction of sp³-hybridized carbons (Fsp3) is 0.0500. The zero-order chi connectivity index (χ0) is 20.0. The number of fused-ring (bicyclic) bond motifs is 1. The number of rotatable bonds is 3. The number of aromatic nitrogens is 3. The molecule has 1 radical (unpaired) electrons. The molecule has 2 heterocycles. The normalized spacial score (nSPS) is 10.4. The zero-order valence-corrected chi connectivity index (χ0v) is 18.4. The van der Waals surface area contributed by atoms with Crippen molar-refractivity contribution < 1.29 is 37.8 Å². The summed E-state index contributed by atoms with van der Waals surface area (Å²) in [6, 6.07) is 21.5. The van der Waals surface area contributed by atoms with Gasteiger partial charge in [0.25, 0.3) is 5.16 Å². The van der Waals surface area contributed by atoms with Crippen molar-refractivity contribution in [1.82, 2.24) is 15.0 Å². The van der Waals surface area contributed by atoms with E-state index in [4.69, 9.17) is 9.29 Å². The minimum atomic E-state index is -4.32. The van der Waals surface area contributed by atoms with Crippen molar-refractivity contribution in [2.75, 3.05) is 7.11 Å². The molecule has 4 rings (SSSR count). The van der Waals surface area contributed by atoms with Gasteiger partial charge in [0.15, 0.2) is 0 Å². The van der Waals surface area contributed by atoms with E-state index in [9.17, 15) is 8.42 Å². The smallest absolute Gasteiger partial charge is 0.330 e. The quantitative estimate of drug-likeness (QED) is 0.223. The molecule has 0 saturated carbocycles. The Labute approximate surface area is 181 Å². The maximum atomic E-state index is 10.7. The average molecular weight is 587 g/mol. The maximum absolute atomic E-state index is 10.7. The van der Waals surface area contributed by atoms with Gasteiger partial charge in [-0.05, 0) is 17.8 Å². The van der Waals surface area contributed by atoms with Crippen LogP contribution in [0, 0.1) is 6.07 Å². The molecule has 4 aromatic rings. The third kappa shape index (κ3) is 6.13. The Morgan fingerprint density at radius 3 is 2.38 bits per heavy atom. The summed E-state index contributed by atoms with van der Waals surface area (Å²) in [5.74, 6) is 0.810. The molecule has 0 bridgehead atoms. The van der Waals surface area contributed by atoms with Crippen molar-refractivity contribution >= 4 is 21.0 Å². The van der Waals surface area contributed by atoms with Crippen LogP contribution >= 0.6 is 0 Å². The summed E-state index contributed by atoms with van der Waals surface area (Å²) in [6.07, 6.45) is 3.12. The van der Waals surface area contributed by atoms with Gasteiger partial charge in [0, 0.05) is 43.6 Å². The molecule has 0 aliphatic heterocycles. The topological polar surface area (TPSA) is 102 Å². The monoisotopic (exact) mass is 587 g/mol. The largest absolute Gasteiger partial charge is 0.540 e. The molecular formula is C20H16IrN3O4S-. The van der Waals surface area contributed by atoms with Crippen LogP contribution in [0.3, 0.4) is 0 Å². The molecule has 0 saturated heterocycles. The van der Waals surface area contributed by atoms with E-state index in [0.717, 1.165) is 22.4 Å². The number of para-hydroxylation sites is 1. The van der Waals surface area contributed by atoms with Crippen molar-refractivity contribution in [3.8, 4) is 17.0 Å². The van der Waals surface area contributed by atoms with Crippen LogP contribution in [0.25, 0.3) is 22.2 Å². The second-order valence-corrected chi connectivity index (χ2v) is 6.86. The Morgan fingerprint density at radius 2 is 1.76 bits per heavy atom. The van der Waals surface area contributed by atoms with Crippen molar-refractivity contribution in [3.63, 3.8) is 0 Å². The summed E-state index contributed by atoms with van der Waals surface area (Å²) in [5.41, 5.74) is 2.39. The van der Waals surface area contributed by atoms with Crippen LogP contribution in [0.15, 0.2) is 78.2 Å². The summed E-state index contributed by atoms with van der Waals surface area (Å²) in [6.45, 7) is 0. The second-order valence-electron chi connectivity index (χ2n) is 5.54. The van der Waals surface area contributed by atoms with Crippen molar-refractivity contribution in [2.45, 2.75) is 5.16 Å². The van der Waals surface area contributed by atoms with Crippen LogP contribution in [-0.2, 0) is 30.2 Å².